The molecule has 6 N–H and O–H groups in total. The van der Waals surface area contributed by atoms with Crippen LogP contribution in [0.5, 0.6) is 0 Å². The van der Waals surface area contributed by atoms with Crippen LogP contribution in [0.2, 0.25) is 5.28 Å². The summed E-state index contributed by atoms with van der Waals surface area (Å²) in [4.78, 5) is 41.0. The highest BCUT2D eigenvalue weighted by atomic mass is 35.5. The Morgan fingerprint density at radius 3 is 2.40 bits per heavy atom. The van der Waals surface area contributed by atoms with Crippen LogP contribution in [0.3, 0.4) is 0 Å². The van der Waals surface area contributed by atoms with Crippen LogP contribution < -0.4 is 5.32 Å². The minimum absolute atomic E-state index is 0.0366. The van der Waals surface area contributed by atoms with E-state index in [0.29, 0.717) is 17.3 Å². The lowest BCUT2D eigenvalue weighted by Gasteiger charge is -2.65. The molecule has 2 aromatic heterocycles. The van der Waals surface area contributed by atoms with E-state index in [1.807, 2.05) is 0 Å². The highest BCUT2D eigenvalue weighted by Crippen LogP contribution is 2.67. The predicted molar refractivity (Wildman–Crippen MR) is 143 cm³/mol. The largest absolute Gasteiger partial charge is 0.387 e. The molecule has 0 radical (unpaired) electrons. The van der Waals surface area contributed by atoms with Gasteiger partial charge in [-0.25, -0.2) is 4.98 Å². The maximum atomic E-state index is 12.0. The normalized spacial score (nSPS) is 40.5. The Morgan fingerprint density at radius 1 is 1.10 bits per heavy atom. The highest BCUT2D eigenvalue weighted by molar-refractivity contribution is 7.70. The molecule has 222 valence electrons. The smallest absolute Gasteiger partial charge is 0.340 e. The SMILES string of the molecule is C[C@]12C[C@@H]3C[C@](C)(C1)C[C@@](Nc1nc(Cl)nc4c1ncn4C1OC(COP(=O)(O)CP(=O)(O)O)C(O)C1O)(C3)C2. The minimum atomic E-state index is -4.83. The number of nitrogens with zero attached hydrogens (tertiary/aromatic N) is 4. The maximum Gasteiger partial charge on any atom is 0.340 e. The van der Waals surface area contributed by atoms with Crippen molar-refractivity contribution in [2.75, 3.05) is 17.8 Å². The van der Waals surface area contributed by atoms with Gasteiger partial charge in [-0.15, -0.1) is 0 Å². The summed E-state index contributed by atoms with van der Waals surface area (Å²) >= 11 is 6.35. The standard InChI is InChI=1S/C23H34ClN5O9P2/c1-21-3-12-4-22(2,7-21)9-23(5-12,8-21)28-17-14-18(27-20(24)26-17)29(10-25-14)19-16(31)15(30)13(38-19)6-37-40(35,36)11-39(32,33)34/h10,12-13,15-16,19,30-31H,3-9,11H2,1-2H3,(H,35,36)(H,26,27,28)(H2,32,33,34)/t12-,13?,15?,16?,19?,21+,22-,23-. The summed E-state index contributed by atoms with van der Waals surface area (Å²) in [6.07, 6.45) is 2.61. The van der Waals surface area contributed by atoms with Crippen molar-refractivity contribution in [2.45, 2.75) is 82.5 Å². The van der Waals surface area contributed by atoms with Gasteiger partial charge >= 0.3 is 15.2 Å². The quantitative estimate of drug-likeness (QED) is 0.185. The van der Waals surface area contributed by atoms with Crippen LogP contribution in [0.4, 0.5) is 5.82 Å². The molecule has 7 rings (SSSR count). The van der Waals surface area contributed by atoms with Gasteiger partial charge < -0.3 is 39.5 Å². The van der Waals surface area contributed by atoms with Gasteiger partial charge in [-0.1, -0.05) is 13.8 Å². The number of nitrogens with one attached hydrogen (secondary N) is 1. The van der Waals surface area contributed by atoms with Gasteiger partial charge in [0.25, 0.3) is 0 Å². The minimum Gasteiger partial charge on any atom is -0.387 e. The third-order valence-corrected chi connectivity index (χ3v) is 12.4. The van der Waals surface area contributed by atoms with Gasteiger partial charge in [0.1, 0.15) is 18.3 Å². The Labute approximate surface area is 235 Å². The highest BCUT2D eigenvalue weighted by Gasteiger charge is 2.60. The third kappa shape index (κ3) is 5.37. The Hall–Kier alpha value is -1.18. The lowest BCUT2D eigenvalue weighted by Crippen LogP contribution is -2.61. The molecular formula is C23H34ClN5O9P2. The number of aliphatic hydroxyl groups excluding tert-OH is 2. The summed E-state index contributed by atoms with van der Waals surface area (Å²) in [5.41, 5.74) is 1.05. The summed E-state index contributed by atoms with van der Waals surface area (Å²) < 4.78 is 35.1. The van der Waals surface area contributed by atoms with E-state index in [1.54, 1.807) is 0 Å². The van der Waals surface area contributed by atoms with Crippen molar-refractivity contribution in [1.82, 2.24) is 19.5 Å². The average molecular weight is 622 g/mol. The van der Waals surface area contributed by atoms with Gasteiger partial charge in [0.05, 0.1) is 12.9 Å². The first-order chi connectivity index (χ1) is 18.5. The van der Waals surface area contributed by atoms with Crippen LogP contribution in [-0.2, 0) is 18.4 Å². The van der Waals surface area contributed by atoms with Crippen molar-refractivity contribution < 1.29 is 43.3 Å². The maximum absolute atomic E-state index is 12.0. The molecule has 9 atom stereocenters. The van der Waals surface area contributed by atoms with Crippen LogP contribution in [0.25, 0.3) is 11.2 Å². The molecule has 1 aliphatic heterocycles. The zero-order valence-electron chi connectivity index (χ0n) is 22.1. The third-order valence-electron chi connectivity index (χ3n) is 8.82. The second-order valence-electron chi connectivity index (χ2n) is 13.0. The molecule has 4 bridgehead atoms. The first kappa shape index (κ1) is 28.9. The van der Waals surface area contributed by atoms with Crippen LogP contribution in [0.1, 0.15) is 58.6 Å². The van der Waals surface area contributed by atoms with Crippen LogP contribution in [-0.4, -0.2) is 80.8 Å². The number of hydrogen-bond donors (Lipinski definition) is 6. The van der Waals surface area contributed by atoms with E-state index in [2.05, 4.69) is 34.1 Å². The Bertz CT molecular complexity index is 1420. The molecule has 0 aromatic carbocycles. The summed E-state index contributed by atoms with van der Waals surface area (Å²) in [6.45, 7) is 4.05. The molecule has 0 spiro atoms. The van der Waals surface area contributed by atoms with Gasteiger partial charge in [0.2, 0.25) is 5.28 Å². The van der Waals surface area contributed by atoms with Crippen molar-refractivity contribution in [3.63, 3.8) is 0 Å². The summed E-state index contributed by atoms with van der Waals surface area (Å²) in [6, 6.07) is 0. The summed E-state index contributed by atoms with van der Waals surface area (Å²) in [5.74, 6) is -0.260. The lowest BCUT2D eigenvalue weighted by atomic mass is 9.43. The molecule has 2 aromatic rings. The molecule has 14 nitrogen and oxygen atoms in total. The summed E-state index contributed by atoms with van der Waals surface area (Å²) in [7, 11) is -9.51. The molecular weight excluding hydrogens is 588 g/mol. The van der Waals surface area contributed by atoms with Gasteiger partial charge in [0.15, 0.2) is 29.1 Å². The number of aromatic nitrogens is 4. The van der Waals surface area contributed by atoms with E-state index < -0.39 is 52.2 Å². The van der Waals surface area contributed by atoms with Crippen molar-refractivity contribution in [2.24, 2.45) is 16.7 Å². The fourth-order valence-corrected chi connectivity index (χ4v) is 11.3. The Balaban J connectivity index is 1.25. The number of hydrogen-bond acceptors (Lipinski definition) is 10. The molecule has 5 unspecified atom stereocenters. The molecule has 40 heavy (non-hydrogen) atoms. The van der Waals surface area contributed by atoms with E-state index in [1.165, 1.54) is 30.2 Å². The lowest BCUT2D eigenvalue weighted by molar-refractivity contribution is -0.0973. The van der Waals surface area contributed by atoms with Crippen LogP contribution in [0, 0.1) is 16.7 Å². The fraction of sp³-hybridized carbons (Fsp3) is 0.783. The van der Waals surface area contributed by atoms with Gasteiger partial charge in [0, 0.05) is 5.54 Å². The van der Waals surface area contributed by atoms with E-state index in [-0.39, 0.29) is 27.3 Å². The number of aliphatic hydroxyl groups is 2. The predicted octanol–water partition coefficient (Wildman–Crippen LogP) is 2.60. The van der Waals surface area contributed by atoms with E-state index >= 15 is 0 Å². The molecule has 4 saturated carbocycles. The Kier molecular flexibility index (Phi) is 6.80. The molecule has 4 aliphatic carbocycles. The van der Waals surface area contributed by atoms with Crippen LogP contribution in [0.15, 0.2) is 6.33 Å². The van der Waals surface area contributed by atoms with Crippen molar-refractivity contribution in [3.8, 4) is 0 Å². The number of anilines is 1. The molecule has 5 fully saturated rings. The molecule has 5 aliphatic rings. The average Bonchev–Trinajstić information content (AvgIpc) is 3.29. The van der Waals surface area contributed by atoms with E-state index in [9.17, 15) is 24.2 Å². The van der Waals surface area contributed by atoms with Crippen molar-refractivity contribution >= 4 is 43.8 Å². The second kappa shape index (κ2) is 9.41. The topological polar surface area (TPSA) is 209 Å². The number of rotatable bonds is 8. The number of halogens is 1. The Morgan fingerprint density at radius 2 is 1.77 bits per heavy atom. The molecule has 3 heterocycles. The number of imidazole rings is 1. The first-order valence-corrected chi connectivity index (χ1v) is 17.1. The van der Waals surface area contributed by atoms with Gasteiger partial charge in [-0.3, -0.25) is 13.7 Å². The van der Waals surface area contributed by atoms with E-state index in [0.717, 1.165) is 19.3 Å². The van der Waals surface area contributed by atoms with Gasteiger partial charge in [-0.05, 0) is 66.9 Å². The molecule has 0 amide bonds. The monoisotopic (exact) mass is 621 g/mol. The van der Waals surface area contributed by atoms with Crippen LogP contribution >= 0.6 is 26.8 Å². The van der Waals surface area contributed by atoms with Gasteiger partial charge in [-0.2, -0.15) is 9.97 Å². The zero-order chi connectivity index (χ0) is 28.9. The van der Waals surface area contributed by atoms with Crippen molar-refractivity contribution in [3.05, 3.63) is 11.6 Å². The first-order valence-electron chi connectivity index (χ1n) is 13.2. The molecule has 1 saturated heterocycles. The fourth-order valence-electron chi connectivity index (χ4n) is 8.56. The zero-order valence-corrected chi connectivity index (χ0v) is 24.6. The molecule has 17 heteroatoms. The number of fused-ring (bicyclic) bond motifs is 1. The number of ether oxygens (including phenoxy) is 1. The second-order valence-corrected chi connectivity index (χ2v) is 17.3. The van der Waals surface area contributed by atoms with Crippen molar-refractivity contribution in [1.29, 1.82) is 0 Å². The van der Waals surface area contributed by atoms with E-state index in [4.69, 9.17) is 30.6 Å². The summed E-state index contributed by atoms with van der Waals surface area (Å²) in [5, 5.41) is 25.0.